The predicted octanol–water partition coefficient (Wildman–Crippen LogP) is 3.36. The summed E-state index contributed by atoms with van der Waals surface area (Å²) in [5.74, 6) is 1.02. The van der Waals surface area contributed by atoms with Crippen LogP contribution in [0.25, 0.3) is 0 Å². The molecule has 0 fully saturated rings. The molecule has 0 radical (unpaired) electrons. The lowest BCUT2D eigenvalue weighted by Crippen LogP contribution is -2.24. The zero-order valence-electron chi connectivity index (χ0n) is 11.7. The molecule has 2 heteroatoms. The Morgan fingerprint density at radius 2 is 1.88 bits per heavy atom. The van der Waals surface area contributed by atoms with Crippen molar-refractivity contribution in [2.45, 2.75) is 45.6 Å². The smallest absolute Gasteiger partial charge is 0.123 e. The third-order valence-corrected chi connectivity index (χ3v) is 2.98. The average Bonchev–Trinajstić information content (AvgIpc) is 2.26. The largest absolute Gasteiger partial charge is 0.491 e. The Morgan fingerprint density at radius 3 is 2.47 bits per heavy atom. The van der Waals surface area contributed by atoms with E-state index in [1.54, 1.807) is 0 Å². The van der Waals surface area contributed by atoms with Crippen LogP contribution in [0, 0.1) is 0 Å². The molecule has 0 aliphatic rings. The van der Waals surface area contributed by atoms with Gasteiger partial charge in [0.1, 0.15) is 5.75 Å². The Bertz CT molecular complexity index is 345. The first-order chi connectivity index (χ1) is 7.97. The van der Waals surface area contributed by atoms with Gasteiger partial charge < -0.3 is 10.1 Å². The van der Waals surface area contributed by atoms with E-state index in [0.717, 1.165) is 18.7 Å². The van der Waals surface area contributed by atoms with Crippen LogP contribution in [0.3, 0.4) is 0 Å². The van der Waals surface area contributed by atoms with E-state index in [1.807, 2.05) is 13.1 Å². The molecule has 2 nitrogen and oxygen atoms in total. The van der Waals surface area contributed by atoms with Gasteiger partial charge in [-0.1, -0.05) is 32.0 Å². The number of nitrogens with one attached hydrogen (secondary N) is 1. The molecule has 0 heterocycles. The maximum atomic E-state index is 5.89. The van der Waals surface area contributed by atoms with Crippen molar-refractivity contribution < 1.29 is 4.74 Å². The summed E-state index contributed by atoms with van der Waals surface area (Å²) >= 11 is 0. The van der Waals surface area contributed by atoms with Gasteiger partial charge in [-0.15, -0.1) is 0 Å². The molecule has 0 spiro atoms. The van der Waals surface area contributed by atoms with Gasteiger partial charge in [-0.3, -0.25) is 0 Å². The highest BCUT2D eigenvalue weighted by molar-refractivity contribution is 5.39. The Kier molecular flexibility index (Phi) is 5.01. The summed E-state index contributed by atoms with van der Waals surface area (Å²) in [4.78, 5) is 0. The number of hydrogen-bond acceptors (Lipinski definition) is 2. The topological polar surface area (TPSA) is 21.3 Å². The summed E-state index contributed by atoms with van der Waals surface area (Å²) in [6.45, 7) is 9.69. The Morgan fingerprint density at radius 1 is 1.24 bits per heavy atom. The molecule has 96 valence electrons. The van der Waals surface area contributed by atoms with Crippen molar-refractivity contribution in [1.29, 1.82) is 0 Å². The second kappa shape index (κ2) is 6.06. The van der Waals surface area contributed by atoms with Gasteiger partial charge in [0.05, 0.1) is 6.10 Å². The quantitative estimate of drug-likeness (QED) is 0.816. The van der Waals surface area contributed by atoms with Crippen LogP contribution in [-0.4, -0.2) is 19.7 Å². The molecule has 0 aliphatic carbocycles. The summed E-state index contributed by atoms with van der Waals surface area (Å²) in [7, 11) is 1.99. The maximum Gasteiger partial charge on any atom is 0.123 e. The molecule has 0 unspecified atom stereocenters. The fourth-order valence-corrected chi connectivity index (χ4v) is 1.95. The molecule has 1 aromatic carbocycles. The fraction of sp³-hybridized carbons (Fsp3) is 0.600. The Balaban J connectivity index is 2.94. The minimum atomic E-state index is 0.133. The lowest BCUT2D eigenvalue weighted by Gasteiger charge is -2.28. The van der Waals surface area contributed by atoms with Crippen molar-refractivity contribution in [3.8, 4) is 5.75 Å². The van der Waals surface area contributed by atoms with E-state index in [9.17, 15) is 0 Å². The summed E-state index contributed by atoms with van der Waals surface area (Å²) < 4.78 is 5.89. The van der Waals surface area contributed by atoms with Gasteiger partial charge in [0.15, 0.2) is 0 Å². The van der Waals surface area contributed by atoms with Crippen molar-refractivity contribution in [2.75, 3.05) is 13.6 Å². The lowest BCUT2D eigenvalue weighted by molar-refractivity contribution is 0.235. The molecular weight excluding hydrogens is 210 g/mol. The van der Waals surface area contributed by atoms with Gasteiger partial charge >= 0.3 is 0 Å². The number of benzene rings is 1. The van der Waals surface area contributed by atoms with E-state index in [2.05, 4.69) is 51.2 Å². The Hall–Kier alpha value is -1.02. The number of para-hydroxylation sites is 1. The molecule has 0 bridgehead atoms. The summed E-state index contributed by atoms with van der Waals surface area (Å²) in [5.41, 5.74) is 1.43. The SMILES string of the molecule is CNCCC(C)(C)c1ccccc1OC(C)C. The highest BCUT2D eigenvalue weighted by Gasteiger charge is 2.23. The number of rotatable bonds is 6. The monoisotopic (exact) mass is 235 g/mol. The lowest BCUT2D eigenvalue weighted by atomic mass is 9.81. The van der Waals surface area contributed by atoms with Crippen molar-refractivity contribution in [1.82, 2.24) is 5.32 Å². The predicted molar refractivity (Wildman–Crippen MR) is 73.8 cm³/mol. The van der Waals surface area contributed by atoms with Gasteiger partial charge in [-0.2, -0.15) is 0 Å². The third kappa shape index (κ3) is 4.04. The molecule has 1 N–H and O–H groups in total. The first-order valence-corrected chi connectivity index (χ1v) is 6.38. The van der Waals surface area contributed by atoms with E-state index >= 15 is 0 Å². The van der Waals surface area contributed by atoms with E-state index in [4.69, 9.17) is 4.74 Å². The van der Waals surface area contributed by atoms with Gasteiger partial charge in [-0.05, 0) is 50.9 Å². The molecule has 0 atom stereocenters. The maximum absolute atomic E-state index is 5.89. The van der Waals surface area contributed by atoms with Crippen LogP contribution in [0.2, 0.25) is 0 Å². The summed E-state index contributed by atoms with van der Waals surface area (Å²) in [5, 5.41) is 3.21. The standard InChI is InChI=1S/C15H25NO/c1-12(2)17-14-9-7-6-8-13(14)15(3,4)10-11-16-5/h6-9,12,16H,10-11H2,1-5H3. The summed E-state index contributed by atoms with van der Waals surface area (Å²) in [6, 6.07) is 8.36. The first-order valence-electron chi connectivity index (χ1n) is 6.38. The van der Waals surface area contributed by atoms with Gasteiger partial charge in [0.25, 0.3) is 0 Å². The van der Waals surface area contributed by atoms with E-state index in [-0.39, 0.29) is 11.5 Å². The minimum absolute atomic E-state index is 0.133. The summed E-state index contributed by atoms with van der Waals surface area (Å²) in [6.07, 6.45) is 1.32. The molecular formula is C15H25NO. The third-order valence-electron chi connectivity index (χ3n) is 2.98. The molecule has 17 heavy (non-hydrogen) atoms. The molecule has 1 aromatic rings. The zero-order valence-corrected chi connectivity index (χ0v) is 11.7. The van der Waals surface area contributed by atoms with Crippen LogP contribution in [0.1, 0.15) is 39.7 Å². The second-order valence-electron chi connectivity index (χ2n) is 5.40. The molecule has 0 aromatic heterocycles. The van der Waals surface area contributed by atoms with Crippen LogP contribution in [0.5, 0.6) is 5.75 Å². The van der Waals surface area contributed by atoms with Crippen molar-refractivity contribution in [3.63, 3.8) is 0 Å². The van der Waals surface area contributed by atoms with Gasteiger partial charge in [-0.25, -0.2) is 0 Å². The molecule has 0 aliphatic heterocycles. The second-order valence-corrected chi connectivity index (χ2v) is 5.40. The van der Waals surface area contributed by atoms with Crippen molar-refractivity contribution >= 4 is 0 Å². The molecule has 0 saturated heterocycles. The van der Waals surface area contributed by atoms with Crippen LogP contribution >= 0.6 is 0 Å². The highest BCUT2D eigenvalue weighted by Crippen LogP contribution is 2.34. The average molecular weight is 235 g/mol. The van der Waals surface area contributed by atoms with E-state index in [1.165, 1.54) is 5.56 Å². The minimum Gasteiger partial charge on any atom is -0.491 e. The van der Waals surface area contributed by atoms with E-state index < -0.39 is 0 Å². The fourth-order valence-electron chi connectivity index (χ4n) is 1.95. The van der Waals surface area contributed by atoms with Crippen molar-refractivity contribution in [2.24, 2.45) is 0 Å². The number of ether oxygens (including phenoxy) is 1. The first kappa shape index (κ1) is 14.0. The van der Waals surface area contributed by atoms with Crippen LogP contribution in [-0.2, 0) is 5.41 Å². The molecule has 0 amide bonds. The van der Waals surface area contributed by atoms with Crippen molar-refractivity contribution in [3.05, 3.63) is 29.8 Å². The normalized spacial score (nSPS) is 11.9. The Labute approximate surface area is 105 Å². The van der Waals surface area contributed by atoms with Crippen LogP contribution in [0.15, 0.2) is 24.3 Å². The van der Waals surface area contributed by atoms with Crippen LogP contribution < -0.4 is 10.1 Å². The van der Waals surface area contributed by atoms with Crippen LogP contribution in [0.4, 0.5) is 0 Å². The molecule has 0 saturated carbocycles. The van der Waals surface area contributed by atoms with Gasteiger partial charge in [0, 0.05) is 0 Å². The molecule has 1 rings (SSSR count). The van der Waals surface area contributed by atoms with E-state index in [0.29, 0.717) is 0 Å². The van der Waals surface area contributed by atoms with Gasteiger partial charge in [0.2, 0.25) is 0 Å². The highest BCUT2D eigenvalue weighted by atomic mass is 16.5. The number of hydrogen-bond donors (Lipinski definition) is 1. The zero-order chi connectivity index (χ0) is 12.9.